The number of ether oxygens (including phenoxy) is 1. The maximum absolute atomic E-state index is 5.26. The lowest BCUT2D eigenvalue weighted by molar-refractivity contribution is 0.415. The van der Waals surface area contributed by atoms with Crippen LogP contribution in [0.25, 0.3) is 0 Å². The van der Waals surface area contributed by atoms with Gasteiger partial charge in [-0.05, 0) is 12.1 Å². The molecule has 0 saturated heterocycles. The number of benzene rings is 1. The topological polar surface area (TPSA) is 67.0 Å². The molecule has 1 aromatic carbocycles. The molecule has 3 heterocycles. The number of hydrogen-bond acceptors (Lipinski definition) is 6. The minimum atomic E-state index is 0.155. The highest BCUT2D eigenvalue weighted by Crippen LogP contribution is 2.29. The smallest absolute Gasteiger partial charge is 0.173 e. The highest BCUT2D eigenvalue weighted by atomic mass is 16.5. The third-order valence-electron chi connectivity index (χ3n) is 4.08. The molecule has 7 nitrogen and oxygen atoms in total. The van der Waals surface area contributed by atoms with Crippen LogP contribution in [0.15, 0.2) is 59.0 Å². The zero-order valence-electron chi connectivity index (χ0n) is 13.5. The zero-order chi connectivity index (χ0) is 16.5. The highest BCUT2D eigenvalue weighted by Gasteiger charge is 2.32. The summed E-state index contributed by atoms with van der Waals surface area (Å²) in [4.78, 5) is 11.3. The molecule has 0 spiro atoms. The molecule has 0 fully saturated rings. The Bertz CT molecular complexity index is 850. The van der Waals surface area contributed by atoms with E-state index in [1.807, 2.05) is 54.6 Å². The van der Waals surface area contributed by atoms with Crippen LogP contribution in [0.5, 0.6) is 5.75 Å². The van der Waals surface area contributed by atoms with Crippen LogP contribution in [0.3, 0.4) is 0 Å². The number of nitrogens with zero attached hydrogens (tertiary/aromatic N) is 5. The van der Waals surface area contributed by atoms with Crippen molar-refractivity contribution in [1.82, 2.24) is 14.7 Å². The van der Waals surface area contributed by atoms with Gasteiger partial charge in [0, 0.05) is 43.0 Å². The second kappa shape index (κ2) is 5.84. The Labute approximate surface area is 140 Å². The number of anilines is 1. The predicted octanol–water partition coefficient (Wildman–Crippen LogP) is 2.18. The van der Waals surface area contributed by atoms with Crippen molar-refractivity contribution >= 4 is 17.4 Å². The summed E-state index contributed by atoms with van der Waals surface area (Å²) in [5.74, 6) is 2.37. The number of amidine groups is 2. The van der Waals surface area contributed by atoms with E-state index in [2.05, 4.69) is 25.3 Å². The van der Waals surface area contributed by atoms with Crippen LogP contribution in [0.4, 0.5) is 5.69 Å². The fraction of sp³-hybridized carbons (Fsp3) is 0.235. The standard InChI is InChI=1S/C17H18N6O/c1-22-11-12(9-20-22)15-10-19-17-16(18-6-7-23(15)17)21-13-4-3-5-14(8-13)24-2/h3-9,11,15H,10H2,1-2H3,(H,18,21). The molecule has 4 rings (SSSR count). The molecule has 0 bridgehead atoms. The van der Waals surface area contributed by atoms with Gasteiger partial charge in [0.05, 0.1) is 25.9 Å². The van der Waals surface area contributed by atoms with Crippen LogP contribution in [0.2, 0.25) is 0 Å². The third-order valence-corrected chi connectivity index (χ3v) is 4.08. The molecule has 0 aliphatic carbocycles. The molecule has 2 aromatic rings. The van der Waals surface area contributed by atoms with E-state index in [0.717, 1.165) is 28.7 Å². The predicted molar refractivity (Wildman–Crippen MR) is 93.3 cm³/mol. The first-order chi connectivity index (χ1) is 11.7. The molecule has 1 unspecified atom stereocenters. The van der Waals surface area contributed by atoms with Crippen LogP contribution < -0.4 is 10.1 Å². The molecule has 7 heteroatoms. The van der Waals surface area contributed by atoms with Crippen LogP contribution in [0, 0.1) is 0 Å². The number of aliphatic imine (C=N–C) groups is 2. The fourth-order valence-corrected chi connectivity index (χ4v) is 2.90. The quantitative estimate of drug-likeness (QED) is 0.940. The van der Waals surface area contributed by atoms with Crippen molar-refractivity contribution in [3.8, 4) is 5.75 Å². The average Bonchev–Trinajstić information content (AvgIpc) is 3.21. The lowest BCUT2D eigenvalue weighted by atomic mass is 10.1. The largest absolute Gasteiger partial charge is 0.497 e. The van der Waals surface area contributed by atoms with Gasteiger partial charge < -0.3 is 15.0 Å². The van der Waals surface area contributed by atoms with Crippen LogP contribution in [-0.2, 0) is 7.05 Å². The van der Waals surface area contributed by atoms with Crippen molar-refractivity contribution < 1.29 is 4.74 Å². The monoisotopic (exact) mass is 322 g/mol. The number of methoxy groups -OCH3 is 1. The molecule has 0 saturated carbocycles. The van der Waals surface area contributed by atoms with E-state index in [1.165, 1.54) is 0 Å². The van der Waals surface area contributed by atoms with Gasteiger partial charge in [-0.3, -0.25) is 9.67 Å². The van der Waals surface area contributed by atoms with Crippen LogP contribution in [-0.4, -0.2) is 40.0 Å². The summed E-state index contributed by atoms with van der Waals surface area (Å²) < 4.78 is 7.07. The number of fused-ring (bicyclic) bond motifs is 1. The summed E-state index contributed by atoms with van der Waals surface area (Å²) in [5.41, 5.74) is 2.06. The summed E-state index contributed by atoms with van der Waals surface area (Å²) in [6.07, 6.45) is 7.66. The van der Waals surface area contributed by atoms with Crippen molar-refractivity contribution in [2.45, 2.75) is 6.04 Å². The van der Waals surface area contributed by atoms with Crippen molar-refractivity contribution in [3.05, 3.63) is 54.6 Å². The van der Waals surface area contributed by atoms with Crippen molar-refractivity contribution in [3.63, 3.8) is 0 Å². The third kappa shape index (κ3) is 2.54. The van der Waals surface area contributed by atoms with E-state index in [4.69, 9.17) is 4.74 Å². The summed E-state index contributed by atoms with van der Waals surface area (Å²) in [7, 11) is 3.57. The summed E-state index contributed by atoms with van der Waals surface area (Å²) in [6, 6.07) is 7.90. The molecule has 2 aliphatic rings. The molecule has 1 atom stereocenters. The van der Waals surface area contributed by atoms with Gasteiger partial charge in [0.25, 0.3) is 0 Å². The molecular formula is C17H18N6O. The Morgan fingerprint density at radius 1 is 1.33 bits per heavy atom. The minimum absolute atomic E-state index is 0.155. The van der Waals surface area contributed by atoms with Gasteiger partial charge in [-0.15, -0.1) is 0 Å². The molecule has 1 N–H and O–H groups in total. The molecule has 0 amide bonds. The van der Waals surface area contributed by atoms with E-state index in [1.54, 1.807) is 13.3 Å². The fourth-order valence-electron chi connectivity index (χ4n) is 2.90. The Morgan fingerprint density at radius 3 is 3.04 bits per heavy atom. The normalized spacial score (nSPS) is 18.9. The summed E-state index contributed by atoms with van der Waals surface area (Å²) >= 11 is 0. The Balaban J connectivity index is 1.56. The SMILES string of the molecule is COc1cccc(NC2=NC=CN3C2=NCC3c2cnn(C)c2)c1. The Kier molecular flexibility index (Phi) is 3.53. The van der Waals surface area contributed by atoms with Crippen molar-refractivity contribution in [2.75, 3.05) is 19.0 Å². The van der Waals surface area contributed by atoms with Gasteiger partial charge in [-0.2, -0.15) is 5.10 Å². The molecule has 2 aliphatic heterocycles. The number of aromatic nitrogens is 2. The van der Waals surface area contributed by atoms with Crippen LogP contribution >= 0.6 is 0 Å². The van der Waals surface area contributed by atoms with E-state index >= 15 is 0 Å². The molecule has 0 radical (unpaired) electrons. The van der Waals surface area contributed by atoms with Gasteiger partial charge >= 0.3 is 0 Å². The van der Waals surface area contributed by atoms with Crippen molar-refractivity contribution in [2.24, 2.45) is 17.0 Å². The lowest BCUT2D eigenvalue weighted by Crippen LogP contribution is -2.37. The zero-order valence-corrected chi connectivity index (χ0v) is 13.5. The van der Waals surface area contributed by atoms with Gasteiger partial charge in [0.2, 0.25) is 0 Å². The van der Waals surface area contributed by atoms with Gasteiger partial charge in [0.1, 0.15) is 5.75 Å². The molecule has 1 aromatic heterocycles. The number of hydrogen-bond donors (Lipinski definition) is 1. The lowest BCUT2D eigenvalue weighted by Gasteiger charge is -2.26. The number of nitrogens with one attached hydrogen (secondary N) is 1. The maximum Gasteiger partial charge on any atom is 0.173 e. The minimum Gasteiger partial charge on any atom is -0.497 e. The first-order valence-electron chi connectivity index (χ1n) is 7.72. The summed E-state index contributed by atoms with van der Waals surface area (Å²) in [5, 5.41) is 7.59. The Morgan fingerprint density at radius 2 is 2.25 bits per heavy atom. The van der Waals surface area contributed by atoms with Gasteiger partial charge in [-0.1, -0.05) is 6.07 Å². The van der Waals surface area contributed by atoms with E-state index < -0.39 is 0 Å². The van der Waals surface area contributed by atoms with E-state index in [-0.39, 0.29) is 6.04 Å². The first kappa shape index (κ1) is 14.5. The number of aryl methyl sites for hydroxylation is 1. The highest BCUT2D eigenvalue weighted by molar-refractivity contribution is 6.45. The van der Waals surface area contributed by atoms with E-state index in [0.29, 0.717) is 6.54 Å². The summed E-state index contributed by atoms with van der Waals surface area (Å²) in [6.45, 7) is 0.685. The van der Waals surface area contributed by atoms with Gasteiger partial charge in [0.15, 0.2) is 11.7 Å². The van der Waals surface area contributed by atoms with Crippen molar-refractivity contribution in [1.29, 1.82) is 0 Å². The van der Waals surface area contributed by atoms with Crippen LogP contribution in [0.1, 0.15) is 11.6 Å². The first-order valence-corrected chi connectivity index (χ1v) is 7.72. The average molecular weight is 322 g/mol. The van der Waals surface area contributed by atoms with Gasteiger partial charge in [-0.25, -0.2) is 4.99 Å². The Hall–Kier alpha value is -3.09. The molecular weight excluding hydrogens is 304 g/mol. The second-order valence-electron chi connectivity index (χ2n) is 5.67. The second-order valence-corrected chi connectivity index (χ2v) is 5.67. The molecule has 24 heavy (non-hydrogen) atoms. The van der Waals surface area contributed by atoms with E-state index in [9.17, 15) is 0 Å². The molecule has 122 valence electrons. The number of rotatable bonds is 3. The maximum atomic E-state index is 5.26.